The van der Waals surface area contributed by atoms with E-state index >= 15 is 0 Å². The van der Waals surface area contributed by atoms with Crippen LogP contribution >= 0.6 is 34.8 Å². The number of carbonyl (C=O) groups excluding carboxylic acids is 2. The van der Waals surface area contributed by atoms with Crippen LogP contribution in [0.15, 0.2) is 71.8 Å². The summed E-state index contributed by atoms with van der Waals surface area (Å²) in [7, 11) is 0. The number of hydrogen-bond donors (Lipinski definition) is 2. The van der Waals surface area contributed by atoms with Crippen LogP contribution in [0.2, 0.25) is 15.1 Å². The van der Waals surface area contributed by atoms with Crippen molar-refractivity contribution in [3.05, 3.63) is 92.9 Å². The van der Waals surface area contributed by atoms with Crippen LogP contribution in [0.1, 0.15) is 15.9 Å². The molecule has 0 saturated heterocycles. The second-order valence-electron chi connectivity index (χ2n) is 6.24. The summed E-state index contributed by atoms with van der Waals surface area (Å²) in [5.41, 5.74) is 4.06. The predicted octanol–water partition coefficient (Wildman–Crippen LogP) is 5.43. The number of rotatable bonds is 7. The fraction of sp³-hybridized carbons (Fsp3) is 0.0455. The molecular formula is C22H16Cl3N3O3. The van der Waals surface area contributed by atoms with Gasteiger partial charge in [-0.15, -0.1) is 0 Å². The first-order valence-electron chi connectivity index (χ1n) is 8.97. The van der Waals surface area contributed by atoms with Crippen molar-refractivity contribution in [1.29, 1.82) is 0 Å². The summed E-state index contributed by atoms with van der Waals surface area (Å²) in [6.07, 6.45) is 1.47. The van der Waals surface area contributed by atoms with Crippen molar-refractivity contribution in [2.45, 2.75) is 0 Å². The highest BCUT2D eigenvalue weighted by Crippen LogP contribution is 2.25. The minimum atomic E-state index is -0.362. The summed E-state index contributed by atoms with van der Waals surface area (Å²) in [6.45, 7) is -0.200. The van der Waals surface area contributed by atoms with Gasteiger partial charge in [-0.25, -0.2) is 5.43 Å². The Hall–Kier alpha value is -3.06. The van der Waals surface area contributed by atoms with Gasteiger partial charge >= 0.3 is 0 Å². The van der Waals surface area contributed by atoms with Crippen LogP contribution in [0, 0.1) is 0 Å². The molecule has 3 aromatic rings. The maximum Gasteiger partial charge on any atom is 0.271 e. The van der Waals surface area contributed by atoms with Crippen LogP contribution in [0.25, 0.3) is 0 Å². The SMILES string of the molecule is O=C(COc1cccc(C=NNC(=O)c2ccc(Cl)cc2)c1)Nc1ccc(Cl)c(Cl)c1. The van der Waals surface area contributed by atoms with Crippen molar-refractivity contribution in [3.8, 4) is 5.75 Å². The van der Waals surface area contributed by atoms with E-state index < -0.39 is 0 Å². The van der Waals surface area contributed by atoms with E-state index in [0.29, 0.717) is 37.6 Å². The van der Waals surface area contributed by atoms with Crippen LogP contribution in [0.4, 0.5) is 5.69 Å². The van der Waals surface area contributed by atoms with Gasteiger partial charge < -0.3 is 10.1 Å². The molecule has 31 heavy (non-hydrogen) atoms. The molecule has 0 aliphatic rings. The van der Waals surface area contributed by atoms with Gasteiger partial charge in [0, 0.05) is 16.3 Å². The van der Waals surface area contributed by atoms with Gasteiger partial charge in [-0.1, -0.05) is 46.9 Å². The van der Waals surface area contributed by atoms with Crippen LogP contribution in [-0.4, -0.2) is 24.6 Å². The van der Waals surface area contributed by atoms with Gasteiger partial charge in [-0.3, -0.25) is 9.59 Å². The molecule has 0 spiro atoms. The first-order valence-corrected chi connectivity index (χ1v) is 10.1. The van der Waals surface area contributed by atoms with E-state index in [4.69, 9.17) is 39.5 Å². The summed E-state index contributed by atoms with van der Waals surface area (Å²) >= 11 is 17.6. The van der Waals surface area contributed by atoms with Crippen LogP contribution in [0.5, 0.6) is 5.75 Å². The number of halogens is 3. The molecule has 0 saturated carbocycles. The summed E-state index contributed by atoms with van der Waals surface area (Å²) in [4.78, 5) is 24.1. The van der Waals surface area contributed by atoms with E-state index in [-0.39, 0.29) is 18.4 Å². The number of carbonyl (C=O) groups is 2. The highest BCUT2D eigenvalue weighted by Gasteiger charge is 2.07. The highest BCUT2D eigenvalue weighted by molar-refractivity contribution is 6.42. The van der Waals surface area contributed by atoms with Gasteiger partial charge in [0.05, 0.1) is 16.3 Å². The molecule has 0 atom stereocenters. The smallest absolute Gasteiger partial charge is 0.271 e. The Labute approximate surface area is 193 Å². The van der Waals surface area contributed by atoms with Gasteiger partial charge in [-0.2, -0.15) is 5.10 Å². The third-order valence-corrected chi connectivity index (χ3v) is 4.91. The van der Waals surface area contributed by atoms with E-state index in [1.165, 1.54) is 6.21 Å². The molecule has 2 N–H and O–H groups in total. The molecular weight excluding hydrogens is 461 g/mol. The van der Waals surface area contributed by atoms with E-state index in [1.807, 2.05) is 0 Å². The van der Waals surface area contributed by atoms with Crippen molar-refractivity contribution in [1.82, 2.24) is 5.43 Å². The molecule has 6 nitrogen and oxygen atoms in total. The fourth-order valence-corrected chi connectivity index (χ4v) is 2.86. The Kier molecular flexibility index (Phi) is 7.89. The number of anilines is 1. The second-order valence-corrected chi connectivity index (χ2v) is 7.50. The molecule has 9 heteroatoms. The molecule has 0 unspecified atom stereocenters. The summed E-state index contributed by atoms with van der Waals surface area (Å²) in [6, 6.07) is 18.1. The molecule has 3 aromatic carbocycles. The van der Waals surface area contributed by atoms with E-state index in [2.05, 4.69) is 15.8 Å². The third-order valence-electron chi connectivity index (χ3n) is 3.92. The number of hydrazone groups is 1. The van der Waals surface area contributed by atoms with E-state index in [0.717, 1.165) is 0 Å². The second kappa shape index (κ2) is 10.8. The lowest BCUT2D eigenvalue weighted by molar-refractivity contribution is -0.118. The molecule has 2 amide bonds. The minimum absolute atomic E-state index is 0.200. The maximum atomic E-state index is 12.1. The lowest BCUT2D eigenvalue weighted by atomic mass is 10.2. The minimum Gasteiger partial charge on any atom is -0.484 e. The number of nitrogens with one attached hydrogen (secondary N) is 2. The molecule has 0 bridgehead atoms. The Morgan fingerprint density at radius 1 is 0.935 bits per heavy atom. The summed E-state index contributed by atoms with van der Waals surface area (Å²) < 4.78 is 5.51. The van der Waals surface area contributed by atoms with Gasteiger partial charge in [0.2, 0.25) is 0 Å². The molecule has 0 aliphatic heterocycles. The van der Waals surface area contributed by atoms with Crippen molar-refractivity contribution >= 4 is 58.5 Å². The summed E-state index contributed by atoms with van der Waals surface area (Å²) in [5.74, 6) is -0.246. The first-order chi connectivity index (χ1) is 14.9. The quantitative estimate of drug-likeness (QED) is 0.352. The zero-order valence-electron chi connectivity index (χ0n) is 15.9. The van der Waals surface area contributed by atoms with Crippen molar-refractivity contribution in [2.75, 3.05) is 11.9 Å². The lowest BCUT2D eigenvalue weighted by Crippen LogP contribution is -2.20. The van der Waals surface area contributed by atoms with Crippen molar-refractivity contribution in [2.24, 2.45) is 5.10 Å². The van der Waals surface area contributed by atoms with Gasteiger partial charge in [0.1, 0.15) is 5.75 Å². The van der Waals surface area contributed by atoms with Crippen LogP contribution in [0.3, 0.4) is 0 Å². The van der Waals surface area contributed by atoms with E-state index in [9.17, 15) is 9.59 Å². The molecule has 0 aliphatic carbocycles. The molecule has 158 valence electrons. The van der Waals surface area contributed by atoms with Gasteiger partial charge in [-0.05, 0) is 60.2 Å². The van der Waals surface area contributed by atoms with Crippen molar-refractivity contribution < 1.29 is 14.3 Å². The van der Waals surface area contributed by atoms with Crippen LogP contribution < -0.4 is 15.5 Å². The normalized spacial score (nSPS) is 10.7. The average Bonchev–Trinajstić information content (AvgIpc) is 2.75. The topological polar surface area (TPSA) is 79.8 Å². The van der Waals surface area contributed by atoms with E-state index in [1.54, 1.807) is 66.7 Å². The molecule has 3 rings (SSSR count). The fourth-order valence-electron chi connectivity index (χ4n) is 2.44. The zero-order chi connectivity index (χ0) is 22.2. The summed E-state index contributed by atoms with van der Waals surface area (Å²) in [5, 5.41) is 7.89. The van der Waals surface area contributed by atoms with Gasteiger partial charge in [0.25, 0.3) is 11.8 Å². The number of benzene rings is 3. The maximum absolute atomic E-state index is 12.1. The predicted molar refractivity (Wildman–Crippen MR) is 124 cm³/mol. The molecule has 0 aromatic heterocycles. The number of nitrogens with zero attached hydrogens (tertiary/aromatic N) is 1. The molecule has 0 heterocycles. The van der Waals surface area contributed by atoms with Crippen LogP contribution in [-0.2, 0) is 4.79 Å². The molecule has 0 fully saturated rings. The Balaban J connectivity index is 1.51. The standard InChI is InChI=1S/C22H16Cl3N3O3/c23-16-6-4-15(5-7-16)22(30)28-26-12-14-2-1-3-18(10-14)31-13-21(29)27-17-8-9-19(24)20(25)11-17/h1-12H,13H2,(H,27,29)(H,28,30). The van der Waals surface area contributed by atoms with Crippen molar-refractivity contribution in [3.63, 3.8) is 0 Å². The molecule has 0 radical (unpaired) electrons. The third kappa shape index (κ3) is 7.00. The Morgan fingerprint density at radius 3 is 2.45 bits per heavy atom. The Morgan fingerprint density at radius 2 is 1.71 bits per heavy atom. The number of ether oxygens (including phenoxy) is 1. The zero-order valence-corrected chi connectivity index (χ0v) is 18.2. The first kappa shape index (κ1) is 22.6. The lowest BCUT2D eigenvalue weighted by Gasteiger charge is -2.08. The monoisotopic (exact) mass is 475 g/mol. The number of amides is 2. The highest BCUT2D eigenvalue weighted by atomic mass is 35.5. The number of hydrogen-bond acceptors (Lipinski definition) is 4. The van der Waals surface area contributed by atoms with Gasteiger partial charge in [0.15, 0.2) is 6.61 Å². The Bertz CT molecular complexity index is 1120. The largest absolute Gasteiger partial charge is 0.484 e. The average molecular weight is 477 g/mol.